The molecule has 0 radical (unpaired) electrons. The van der Waals surface area contributed by atoms with Gasteiger partial charge in [-0.05, 0) is 37.5 Å². The highest BCUT2D eigenvalue weighted by molar-refractivity contribution is 6.04. The number of fused-ring (bicyclic) bond motifs is 6. The average molecular weight is 461 g/mol. The summed E-state index contributed by atoms with van der Waals surface area (Å²) in [6.07, 6.45) is 1.55. The molecule has 0 aromatic rings. The molecule has 0 aromatic carbocycles. The van der Waals surface area contributed by atoms with Crippen LogP contribution in [0.25, 0.3) is 0 Å². The molecular weight excluding hydrogens is 424 g/mol. The van der Waals surface area contributed by atoms with E-state index in [9.17, 15) is 25.2 Å². The van der Waals surface area contributed by atoms with Gasteiger partial charge in [-0.15, -0.1) is 0 Å². The second kappa shape index (κ2) is 7.21. The van der Waals surface area contributed by atoms with E-state index in [0.717, 1.165) is 36.0 Å². The molecule has 0 bridgehead atoms. The molecular formula is C26H36O7. The molecule has 6 aliphatic rings. The maximum atomic E-state index is 13.8. The first-order valence-electron chi connectivity index (χ1n) is 12.6. The molecule has 1 saturated carbocycles. The van der Waals surface area contributed by atoms with Crippen LogP contribution in [0.3, 0.4) is 0 Å². The zero-order valence-electron chi connectivity index (χ0n) is 19.6. The number of aliphatic hydroxyl groups excluding tert-OH is 4. The average Bonchev–Trinajstić information content (AvgIpc) is 3.23. The summed E-state index contributed by atoms with van der Waals surface area (Å²) >= 11 is 0. The van der Waals surface area contributed by atoms with Gasteiger partial charge in [-0.25, -0.2) is 0 Å². The molecule has 7 heteroatoms. The van der Waals surface area contributed by atoms with Crippen molar-refractivity contribution in [3.63, 3.8) is 0 Å². The molecule has 7 nitrogen and oxygen atoms in total. The van der Waals surface area contributed by atoms with Crippen molar-refractivity contribution >= 4 is 5.78 Å². The Balaban J connectivity index is 1.36. The van der Waals surface area contributed by atoms with Gasteiger partial charge in [0.05, 0.1) is 24.9 Å². The standard InChI is InChI=1S/C26H36O7/c1-11-10-32-26(24(31)21(11)29)12(2)19-16-6-7-17-15(20(16)22(30)23(19)33-26)5-4-13-8-14(27)9-18(28)25(13,17)3/h4,11-12,14-15,17-19,21,23-24,27-29,31H,5-10H2,1-3H3/t11-,12-,14+,15+,17-,18+,19+,21+,23+,24-,25-,26-/m0/s1. The zero-order valence-corrected chi connectivity index (χ0v) is 19.6. The Morgan fingerprint density at radius 1 is 1.15 bits per heavy atom. The summed E-state index contributed by atoms with van der Waals surface area (Å²) in [6.45, 7) is 6.19. The molecule has 2 heterocycles. The van der Waals surface area contributed by atoms with E-state index in [-0.39, 0.29) is 42.0 Å². The van der Waals surface area contributed by atoms with E-state index in [0.29, 0.717) is 12.8 Å². The van der Waals surface area contributed by atoms with Crippen molar-refractivity contribution in [1.29, 1.82) is 0 Å². The number of carbonyl (C=O) groups excluding carboxylic acids is 1. The van der Waals surface area contributed by atoms with Crippen LogP contribution >= 0.6 is 0 Å². The van der Waals surface area contributed by atoms with Gasteiger partial charge in [0, 0.05) is 35.2 Å². The fourth-order valence-electron chi connectivity index (χ4n) is 8.35. The van der Waals surface area contributed by atoms with E-state index in [1.165, 1.54) is 0 Å². The lowest BCUT2D eigenvalue weighted by Gasteiger charge is -2.54. The summed E-state index contributed by atoms with van der Waals surface area (Å²) in [5, 5.41) is 42.7. The summed E-state index contributed by atoms with van der Waals surface area (Å²) in [4.78, 5) is 13.8. The van der Waals surface area contributed by atoms with Gasteiger partial charge in [-0.1, -0.05) is 38.0 Å². The minimum Gasteiger partial charge on any atom is -0.393 e. The number of Topliss-reactive ketones (excluding diaryl/α,β-unsaturated/α-hetero) is 1. The molecule has 33 heavy (non-hydrogen) atoms. The molecule has 2 saturated heterocycles. The topological polar surface area (TPSA) is 116 Å². The first-order valence-corrected chi connectivity index (χ1v) is 12.6. The smallest absolute Gasteiger partial charge is 0.201 e. The van der Waals surface area contributed by atoms with Crippen LogP contribution in [0.2, 0.25) is 0 Å². The molecule has 2 aliphatic heterocycles. The van der Waals surface area contributed by atoms with Crippen molar-refractivity contribution in [3.05, 3.63) is 22.8 Å². The summed E-state index contributed by atoms with van der Waals surface area (Å²) in [5.74, 6) is -1.78. The molecule has 3 fully saturated rings. The van der Waals surface area contributed by atoms with Crippen LogP contribution in [0.5, 0.6) is 0 Å². The van der Waals surface area contributed by atoms with E-state index < -0.39 is 41.7 Å². The van der Waals surface area contributed by atoms with Crippen molar-refractivity contribution in [2.24, 2.45) is 35.0 Å². The van der Waals surface area contributed by atoms with E-state index in [2.05, 4.69) is 13.0 Å². The largest absolute Gasteiger partial charge is 0.393 e. The Labute approximate surface area is 194 Å². The number of carbonyl (C=O) groups is 1. The van der Waals surface area contributed by atoms with E-state index >= 15 is 0 Å². The quantitative estimate of drug-likeness (QED) is 0.405. The minimum absolute atomic E-state index is 0.0110. The second-order valence-corrected chi connectivity index (χ2v) is 11.7. The molecule has 4 aliphatic carbocycles. The molecule has 6 rings (SSSR count). The Morgan fingerprint density at radius 3 is 2.67 bits per heavy atom. The Morgan fingerprint density at radius 2 is 1.91 bits per heavy atom. The van der Waals surface area contributed by atoms with Crippen LogP contribution in [-0.2, 0) is 14.3 Å². The van der Waals surface area contributed by atoms with E-state index in [1.54, 1.807) is 0 Å². The van der Waals surface area contributed by atoms with Crippen LogP contribution in [0, 0.1) is 35.0 Å². The Bertz CT molecular complexity index is 941. The number of hydrogen-bond acceptors (Lipinski definition) is 7. The third kappa shape index (κ3) is 2.69. The maximum Gasteiger partial charge on any atom is 0.201 e. The number of ketones is 1. The number of aliphatic hydroxyl groups is 4. The summed E-state index contributed by atoms with van der Waals surface area (Å²) < 4.78 is 12.3. The third-order valence-corrected chi connectivity index (χ3v) is 10.3. The predicted molar refractivity (Wildman–Crippen MR) is 118 cm³/mol. The highest BCUT2D eigenvalue weighted by Gasteiger charge is 2.68. The number of ether oxygens (including phenoxy) is 2. The molecule has 0 amide bonds. The van der Waals surface area contributed by atoms with E-state index in [1.807, 2.05) is 13.8 Å². The van der Waals surface area contributed by atoms with Crippen LogP contribution in [0.1, 0.15) is 52.9 Å². The van der Waals surface area contributed by atoms with Gasteiger partial charge < -0.3 is 29.9 Å². The van der Waals surface area contributed by atoms with Gasteiger partial charge in [0.2, 0.25) is 5.79 Å². The number of allylic oxidation sites excluding steroid dienone is 1. The number of rotatable bonds is 0. The Hall–Kier alpha value is -1.09. The summed E-state index contributed by atoms with van der Waals surface area (Å²) in [7, 11) is 0. The SMILES string of the molecule is C[C@H]1CO[C@@]2(O[C@H]3C(=O)C4=C(CC[C@H]5[C@H]4CC=C4C[C@@H](O)C[C@@H](O)[C@@]45C)[C@H]3[C@@H]2C)[C@@H](O)[C@@H]1O. The molecule has 1 spiro atoms. The molecule has 0 aromatic heterocycles. The van der Waals surface area contributed by atoms with Crippen molar-refractivity contribution in [3.8, 4) is 0 Å². The monoisotopic (exact) mass is 460 g/mol. The van der Waals surface area contributed by atoms with Crippen molar-refractivity contribution in [2.45, 2.75) is 89.2 Å². The van der Waals surface area contributed by atoms with Crippen molar-refractivity contribution < 1.29 is 34.7 Å². The van der Waals surface area contributed by atoms with E-state index in [4.69, 9.17) is 9.47 Å². The van der Waals surface area contributed by atoms with Crippen molar-refractivity contribution in [2.75, 3.05) is 6.61 Å². The van der Waals surface area contributed by atoms with Gasteiger partial charge in [-0.2, -0.15) is 0 Å². The molecule has 0 unspecified atom stereocenters. The van der Waals surface area contributed by atoms with Crippen LogP contribution < -0.4 is 0 Å². The maximum absolute atomic E-state index is 13.8. The summed E-state index contributed by atoms with van der Waals surface area (Å²) in [5.41, 5.74) is 2.72. The van der Waals surface area contributed by atoms with Gasteiger partial charge >= 0.3 is 0 Å². The van der Waals surface area contributed by atoms with Gasteiger partial charge in [0.25, 0.3) is 0 Å². The first kappa shape index (κ1) is 22.4. The minimum atomic E-state index is -1.35. The van der Waals surface area contributed by atoms with Gasteiger partial charge in [0.15, 0.2) is 5.78 Å². The predicted octanol–water partition coefficient (Wildman–Crippen LogP) is 1.48. The third-order valence-electron chi connectivity index (χ3n) is 10.3. The highest BCUT2D eigenvalue weighted by Crippen LogP contribution is 2.63. The fourth-order valence-corrected chi connectivity index (χ4v) is 8.35. The zero-order chi connectivity index (χ0) is 23.4. The van der Waals surface area contributed by atoms with Crippen LogP contribution in [0.4, 0.5) is 0 Å². The fraction of sp³-hybridized carbons (Fsp3) is 0.808. The Kier molecular flexibility index (Phi) is 4.89. The molecule has 4 N–H and O–H groups in total. The first-order chi connectivity index (χ1) is 15.6. The van der Waals surface area contributed by atoms with Crippen molar-refractivity contribution in [1.82, 2.24) is 0 Å². The van der Waals surface area contributed by atoms with Gasteiger partial charge in [0.1, 0.15) is 12.2 Å². The summed E-state index contributed by atoms with van der Waals surface area (Å²) in [6, 6.07) is 0. The van der Waals surface area contributed by atoms with Gasteiger partial charge in [-0.3, -0.25) is 4.79 Å². The normalized spacial score (nSPS) is 55.7. The lowest BCUT2D eigenvalue weighted by Crippen LogP contribution is -2.61. The van der Waals surface area contributed by atoms with Crippen LogP contribution in [0.15, 0.2) is 22.8 Å². The lowest BCUT2D eigenvalue weighted by atomic mass is 9.51. The highest BCUT2D eigenvalue weighted by atomic mass is 16.7. The lowest BCUT2D eigenvalue weighted by molar-refractivity contribution is -0.333. The van der Waals surface area contributed by atoms with Crippen LogP contribution in [-0.4, -0.2) is 69.1 Å². The second-order valence-electron chi connectivity index (χ2n) is 11.7. The number of hydrogen-bond donors (Lipinski definition) is 4. The molecule has 182 valence electrons. The molecule has 12 atom stereocenters.